The van der Waals surface area contributed by atoms with Gasteiger partial charge in [-0.1, -0.05) is 22.4 Å². The molecule has 1 atom stereocenters. The molecule has 0 radical (unpaired) electrons. The summed E-state index contributed by atoms with van der Waals surface area (Å²) in [5.74, 6) is -1.20. The molecule has 0 aromatic heterocycles. The van der Waals surface area contributed by atoms with Gasteiger partial charge in [0.15, 0.2) is 11.9 Å². The predicted molar refractivity (Wildman–Crippen MR) is 55.2 cm³/mol. The van der Waals surface area contributed by atoms with Crippen molar-refractivity contribution in [2.24, 2.45) is 0 Å². The van der Waals surface area contributed by atoms with Gasteiger partial charge in [0.05, 0.1) is 0 Å². The van der Waals surface area contributed by atoms with Crippen molar-refractivity contribution in [2.45, 2.75) is 6.92 Å². The van der Waals surface area contributed by atoms with Crippen LogP contribution in [-0.2, 0) is 14.0 Å². The Morgan fingerprint density at radius 2 is 1.94 bits per heavy atom. The van der Waals surface area contributed by atoms with Gasteiger partial charge in [-0.3, -0.25) is 9.36 Å². The Hall–Kier alpha value is -1.36. The normalized spacial score (nSPS) is 14.1. The summed E-state index contributed by atoms with van der Waals surface area (Å²) in [6.07, 6.45) is -1.00. The lowest BCUT2D eigenvalue weighted by Crippen LogP contribution is -2.07. The third-order valence-electron chi connectivity index (χ3n) is 1.61. The summed E-state index contributed by atoms with van der Waals surface area (Å²) < 4.78 is 15.3. The third-order valence-corrected chi connectivity index (χ3v) is 2.58. The Morgan fingerprint density at radius 1 is 1.38 bits per heavy atom. The smallest absolute Gasteiger partial charge is 0.377 e. The molecular weight excluding hydrogens is 235 g/mol. The van der Waals surface area contributed by atoms with Gasteiger partial charge in [-0.25, -0.2) is 0 Å². The molecule has 1 rings (SSSR count). The number of benzene rings is 1. The predicted octanol–water partition coefficient (Wildman–Crippen LogP) is 1.58. The fourth-order valence-corrected chi connectivity index (χ4v) is 1.49. The molecule has 0 saturated carbocycles. The van der Waals surface area contributed by atoms with Crippen LogP contribution >= 0.6 is 7.60 Å². The van der Waals surface area contributed by atoms with Crippen LogP contribution in [0.25, 0.3) is 0 Å². The standard InChI is InChI=1S/C9H11O6P/c1-7-2-4-8(5-3-7)14-15-16(12,13)6-9(10)11/h2-5H,6H2,1H3,(H,10,11)(H,12,13). The van der Waals surface area contributed by atoms with E-state index in [0.29, 0.717) is 0 Å². The van der Waals surface area contributed by atoms with Crippen LogP contribution in [0.2, 0.25) is 0 Å². The van der Waals surface area contributed by atoms with E-state index in [1.807, 2.05) is 6.92 Å². The summed E-state index contributed by atoms with van der Waals surface area (Å²) in [6, 6.07) is 6.52. The first-order chi connectivity index (χ1) is 7.39. The lowest BCUT2D eigenvalue weighted by atomic mass is 10.2. The molecule has 1 aromatic rings. The molecule has 7 heteroatoms. The number of hydrogen-bond acceptors (Lipinski definition) is 4. The van der Waals surface area contributed by atoms with E-state index in [1.165, 1.54) is 12.1 Å². The highest BCUT2D eigenvalue weighted by molar-refractivity contribution is 7.53. The maximum atomic E-state index is 11.1. The van der Waals surface area contributed by atoms with E-state index in [0.717, 1.165) is 5.56 Å². The number of rotatable bonds is 5. The molecule has 0 saturated heterocycles. The van der Waals surface area contributed by atoms with Crippen molar-refractivity contribution in [3.63, 3.8) is 0 Å². The lowest BCUT2D eigenvalue weighted by Gasteiger charge is -2.09. The van der Waals surface area contributed by atoms with Crippen molar-refractivity contribution in [2.75, 3.05) is 6.16 Å². The van der Waals surface area contributed by atoms with Crippen molar-refractivity contribution in [1.29, 1.82) is 0 Å². The fraction of sp³-hybridized carbons (Fsp3) is 0.222. The zero-order valence-electron chi connectivity index (χ0n) is 8.49. The highest BCUT2D eigenvalue weighted by atomic mass is 31.2. The SMILES string of the molecule is Cc1ccc(OOP(=O)(O)CC(=O)O)cc1. The summed E-state index contributed by atoms with van der Waals surface area (Å²) in [5, 5.41) is 8.31. The van der Waals surface area contributed by atoms with Crippen LogP contribution in [0.4, 0.5) is 0 Å². The second kappa shape index (κ2) is 5.12. The Balaban J connectivity index is 2.54. The van der Waals surface area contributed by atoms with Gasteiger partial charge in [-0.15, -0.1) is 0 Å². The quantitative estimate of drug-likeness (QED) is 0.465. The Labute approximate surface area is 91.9 Å². The monoisotopic (exact) mass is 246 g/mol. The van der Waals surface area contributed by atoms with E-state index in [2.05, 4.69) is 9.56 Å². The molecule has 0 aliphatic carbocycles. The maximum absolute atomic E-state index is 11.1. The average molecular weight is 246 g/mol. The number of carboxylic acid groups (broad SMARTS) is 1. The largest absolute Gasteiger partial charge is 0.481 e. The van der Waals surface area contributed by atoms with E-state index < -0.39 is 19.7 Å². The average Bonchev–Trinajstić information content (AvgIpc) is 2.15. The zero-order chi connectivity index (χ0) is 12.2. The molecule has 0 heterocycles. The molecule has 0 amide bonds. The first-order valence-electron chi connectivity index (χ1n) is 4.35. The van der Waals surface area contributed by atoms with Gasteiger partial charge in [0.25, 0.3) is 0 Å². The van der Waals surface area contributed by atoms with E-state index in [9.17, 15) is 9.36 Å². The number of carboxylic acids is 1. The molecule has 2 N–H and O–H groups in total. The molecule has 1 unspecified atom stereocenters. The van der Waals surface area contributed by atoms with E-state index in [1.54, 1.807) is 12.1 Å². The lowest BCUT2D eigenvalue weighted by molar-refractivity contribution is -0.136. The molecular formula is C9H11O6P. The Morgan fingerprint density at radius 3 is 2.44 bits per heavy atom. The second-order valence-corrected chi connectivity index (χ2v) is 4.90. The third kappa shape index (κ3) is 4.44. The van der Waals surface area contributed by atoms with Gasteiger partial charge in [-0.05, 0) is 19.1 Å². The molecule has 0 aliphatic heterocycles. The van der Waals surface area contributed by atoms with E-state index in [-0.39, 0.29) is 5.75 Å². The topological polar surface area (TPSA) is 93.1 Å². The van der Waals surface area contributed by atoms with Crippen LogP contribution in [0, 0.1) is 6.92 Å². The van der Waals surface area contributed by atoms with Crippen LogP contribution in [0.15, 0.2) is 24.3 Å². The summed E-state index contributed by atoms with van der Waals surface area (Å²) in [4.78, 5) is 23.8. The molecule has 88 valence electrons. The van der Waals surface area contributed by atoms with Crippen molar-refractivity contribution in [3.8, 4) is 5.75 Å². The minimum Gasteiger partial charge on any atom is -0.481 e. The highest BCUT2D eigenvalue weighted by Crippen LogP contribution is 2.41. The van der Waals surface area contributed by atoms with Gasteiger partial charge >= 0.3 is 13.6 Å². The number of carbonyl (C=O) groups is 1. The van der Waals surface area contributed by atoms with Crippen molar-refractivity contribution < 1.29 is 28.9 Å². The van der Waals surface area contributed by atoms with Crippen LogP contribution < -0.4 is 4.89 Å². The van der Waals surface area contributed by atoms with Crippen molar-refractivity contribution in [3.05, 3.63) is 29.8 Å². The first-order valence-corrected chi connectivity index (χ1v) is 6.12. The van der Waals surface area contributed by atoms with Gasteiger partial charge in [0, 0.05) is 0 Å². The Bertz CT molecular complexity index is 413. The Kier molecular flexibility index (Phi) is 4.06. The molecule has 0 aliphatic rings. The minimum atomic E-state index is -4.25. The summed E-state index contributed by atoms with van der Waals surface area (Å²) in [7, 11) is -4.25. The van der Waals surface area contributed by atoms with Crippen LogP contribution in [0.1, 0.15) is 5.56 Å². The van der Waals surface area contributed by atoms with E-state index >= 15 is 0 Å². The summed E-state index contributed by atoms with van der Waals surface area (Å²) in [6.45, 7) is 1.87. The molecule has 0 fully saturated rings. The maximum Gasteiger partial charge on any atom is 0.377 e. The van der Waals surface area contributed by atoms with Gasteiger partial charge in [0.2, 0.25) is 0 Å². The van der Waals surface area contributed by atoms with Gasteiger partial charge in [0.1, 0.15) is 0 Å². The van der Waals surface area contributed by atoms with Crippen LogP contribution in [0.3, 0.4) is 0 Å². The second-order valence-electron chi connectivity index (χ2n) is 3.16. The number of aryl methyl sites for hydroxylation is 1. The van der Waals surface area contributed by atoms with E-state index in [4.69, 9.17) is 10.00 Å². The first kappa shape index (κ1) is 12.7. The van der Waals surface area contributed by atoms with Crippen LogP contribution in [-0.4, -0.2) is 22.1 Å². The van der Waals surface area contributed by atoms with Gasteiger partial charge < -0.3 is 14.9 Å². The molecule has 0 spiro atoms. The van der Waals surface area contributed by atoms with Gasteiger partial charge in [-0.2, -0.15) is 0 Å². The van der Waals surface area contributed by atoms with Crippen molar-refractivity contribution in [1.82, 2.24) is 0 Å². The molecule has 1 aromatic carbocycles. The van der Waals surface area contributed by atoms with Crippen LogP contribution in [0.5, 0.6) is 5.75 Å². The summed E-state index contributed by atoms with van der Waals surface area (Å²) in [5.41, 5.74) is 0.991. The number of hydrogen-bond donors (Lipinski definition) is 2. The molecule has 0 bridgehead atoms. The molecule has 6 nitrogen and oxygen atoms in total. The highest BCUT2D eigenvalue weighted by Gasteiger charge is 2.26. The minimum absolute atomic E-state index is 0.227. The fourth-order valence-electron chi connectivity index (χ4n) is 0.892. The zero-order valence-corrected chi connectivity index (χ0v) is 9.39. The van der Waals surface area contributed by atoms with Crippen molar-refractivity contribution >= 4 is 13.6 Å². The summed E-state index contributed by atoms with van der Waals surface area (Å²) >= 11 is 0. The number of aliphatic carboxylic acids is 1. The molecule has 16 heavy (non-hydrogen) atoms.